The number of hydrogen-bond acceptors (Lipinski definition) is 4. The molecule has 1 heterocycles. The molecule has 5 nitrogen and oxygen atoms in total. The molecule has 25 heavy (non-hydrogen) atoms. The lowest BCUT2D eigenvalue weighted by Crippen LogP contribution is -2.43. The first-order valence-electron chi connectivity index (χ1n) is 8.71. The lowest BCUT2D eigenvalue weighted by Gasteiger charge is -2.25. The molecule has 1 aliphatic heterocycles. The quantitative estimate of drug-likeness (QED) is 0.878. The highest BCUT2D eigenvalue weighted by Gasteiger charge is 2.26. The summed E-state index contributed by atoms with van der Waals surface area (Å²) >= 11 is 0. The number of para-hydroxylation sites is 2. The highest BCUT2D eigenvalue weighted by atomic mass is 16.6. The summed E-state index contributed by atoms with van der Waals surface area (Å²) in [7, 11) is 0. The lowest BCUT2D eigenvalue weighted by atomic mass is 10.2. The molecule has 0 radical (unpaired) electrons. The third kappa shape index (κ3) is 4.05. The fourth-order valence-electron chi connectivity index (χ4n) is 2.87. The second-order valence-corrected chi connectivity index (χ2v) is 5.92. The second kappa shape index (κ2) is 7.92. The van der Waals surface area contributed by atoms with E-state index in [4.69, 9.17) is 9.47 Å². The zero-order valence-electron chi connectivity index (χ0n) is 14.7. The summed E-state index contributed by atoms with van der Waals surface area (Å²) in [5, 5.41) is 2.92. The van der Waals surface area contributed by atoms with Crippen molar-refractivity contribution in [3.63, 3.8) is 0 Å². The summed E-state index contributed by atoms with van der Waals surface area (Å²) in [5.74, 6) is 1.12. The van der Waals surface area contributed by atoms with Crippen molar-refractivity contribution in [1.82, 2.24) is 5.32 Å². The predicted octanol–water partition coefficient (Wildman–Crippen LogP) is 2.99. The Kier molecular flexibility index (Phi) is 5.43. The molecular formula is C20H24N2O3. The van der Waals surface area contributed by atoms with Crippen molar-refractivity contribution in [3.05, 3.63) is 54.1 Å². The number of nitrogens with one attached hydrogen (secondary N) is 1. The van der Waals surface area contributed by atoms with Gasteiger partial charge in [0.05, 0.1) is 0 Å². The van der Waals surface area contributed by atoms with E-state index in [2.05, 4.69) is 36.2 Å². The minimum atomic E-state index is -0.621. The Labute approximate surface area is 148 Å². The van der Waals surface area contributed by atoms with Crippen LogP contribution in [0.4, 0.5) is 5.69 Å². The molecule has 3 rings (SSSR count). The van der Waals surface area contributed by atoms with Crippen molar-refractivity contribution in [1.29, 1.82) is 0 Å². The van der Waals surface area contributed by atoms with E-state index in [0.29, 0.717) is 18.0 Å². The largest absolute Gasteiger partial charge is 0.485 e. The molecule has 2 aromatic rings. The number of carbonyl (C=O) groups excluding carboxylic acids is 1. The number of nitrogens with zero attached hydrogens (tertiary/aromatic N) is 1. The van der Waals surface area contributed by atoms with Crippen molar-refractivity contribution >= 4 is 11.6 Å². The van der Waals surface area contributed by atoms with Crippen LogP contribution in [0.15, 0.2) is 48.5 Å². The van der Waals surface area contributed by atoms with Gasteiger partial charge in [0.1, 0.15) is 6.61 Å². The van der Waals surface area contributed by atoms with Crippen LogP contribution in [0.1, 0.15) is 19.4 Å². The van der Waals surface area contributed by atoms with Crippen molar-refractivity contribution in [2.45, 2.75) is 26.5 Å². The molecule has 1 N–H and O–H groups in total. The third-order valence-corrected chi connectivity index (χ3v) is 4.33. The van der Waals surface area contributed by atoms with Crippen molar-refractivity contribution < 1.29 is 14.3 Å². The normalized spacial score (nSPS) is 15.5. The van der Waals surface area contributed by atoms with Gasteiger partial charge in [0.2, 0.25) is 6.10 Å². The van der Waals surface area contributed by atoms with E-state index < -0.39 is 6.10 Å². The first kappa shape index (κ1) is 17.1. The maximum absolute atomic E-state index is 12.3. The number of ether oxygens (including phenoxy) is 2. The Morgan fingerprint density at radius 3 is 2.44 bits per heavy atom. The van der Waals surface area contributed by atoms with Gasteiger partial charge in [0, 0.05) is 25.3 Å². The Morgan fingerprint density at radius 2 is 1.76 bits per heavy atom. The fraction of sp³-hybridized carbons (Fsp3) is 0.350. The zero-order valence-corrected chi connectivity index (χ0v) is 14.7. The second-order valence-electron chi connectivity index (χ2n) is 5.92. The van der Waals surface area contributed by atoms with Crippen LogP contribution in [0.3, 0.4) is 0 Å². The minimum Gasteiger partial charge on any atom is -0.485 e. The Morgan fingerprint density at radius 1 is 1.08 bits per heavy atom. The van der Waals surface area contributed by atoms with Crippen LogP contribution in [-0.4, -0.2) is 31.7 Å². The van der Waals surface area contributed by atoms with Crippen molar-refractivity contribution in [3.8, 4) is 11.5 Å². The molecule has 1 atom stereocenters. The first-order chi connectivity index (χ1) is 12.2. The average molecular weight is 340 g/mol. The highest BCUT2D eigenvalue weighted by Crippen LogP contribution is 2.30. The summed E-state index contributed by atoms with van der Waals surface area (Å²) in [5.41, 5.74) is 2.25. The van der Waals surface area contributed by atoms with E-state index in [9.17, 15) is 4.79 Å². The van der Waals surface area contributed by atoms with Crippen molar-refractivity contribution in [2.24, 2.45) is 0 Å². The van der Waals surface area contributed by atoms with Gasteiger partial charge in [-0.3, -0.25) is 4.79 Å². The van der Waals surface area contributed by atoms with Gasteiger partial charge in [-0.15, -0.1) is 0 Å². The molecule has 0 saturated heterocycles. The Hall–Kier alpha value is -2.69. The van der Waals surface area contributed by atoms with E-state index in [0.717, 1.165) is 18.7 Å². The smallest absolute Gasteiger partial charge is 0.264 e. The van der Waals surface area contributed by atoms with Gasteiger partial charge >= 0.3 is 0 Å². The van der Waals surface area contributed by atoms with Gasteiger partial charge in [-0.1, -0.05) is 24.3 Å². The van der Waals surface area contributed by atoms with E-state index in [1.165, 1.54) is 5.69 Å². The number of anilines is 1. The zero-order chi connectivity index (χ0) is 17.6. The Balaban J connectivity index is 1.54. The van der Waals surface area contributed by atoms with Gasteiger partial charge in [-0.2, -0.15) is 0 Å². The lowest BCUT2D eigenvalue weighted by molar-refractivity contribution is -0.130. The van der Waals surface area contributed by atoms with Crippen LogP contribution >= 0.6 is 0 Å². The molecule has 2 aromatic carbocycles. The van der Waals surface area contributed by atoms with E-state index in [1.807, 2.05) is 30.3 Å². The number of rotatable bonds is 6. The average Bonchev–Trinajstić information content (AvgIpc) is 2.67. The summed E-state index contributed by atoms with van der Waals surface area (Å²) in [4.78, 5) is 14.6. The monoisotopic (exact) mass is 340 g/mol. The van der Waals surface area contributed by atoms with Crippen LogP contribution in [0, 0.1) is 0 Å². The highest BCUT2D eigenvalue weighted by molar-refractivity contribution is 5.81. The van der Waals surface area contributed by atoms with Gasteiger partial charge in [-0.25, -0.2) is 0 Å². The van der Waals surface area contributed by atoms with Gasteiger partial charge in [-0.05, 0) is 43.7 Å². The van der Waals surface area contributed by atoms with Crippen LogP contribution in [0.5, 0.6) is 11.5 Å². The maximum atomic E-state index is 12.3. The number of benzene rings is 2. The van der Waals surface area contributed by atoms with Crippen LogP contribution < -0.4 is 19.7 Å². The number of hydrogen-bond donors (Lipinski definition) is 1. The molecule has 0 unspecified atom stereocenters. The van der Waals surface area contributed by atoms with Crippen LogP contribution in [0.25, 0.3) is 0 Å². The number of amides is 1. The van der Waals surface area contributed by atoms with E-state index >= 15 is 0 Å². The summed E-state index contributed by atoms with van der Waals surface area (Å²) in [6, 6.07) is 15.6. The molecule has 0 aromatic heterocycles. The van der Waals surface area contributed by atoms with Crippen LogP contribution in [0.2, 0.25) is 0 Å². The van der Waals surface area contributed by atoms with Gasteiger partial charge < -0.3 is 19.7 Å². The number of carbonyl (C=O) groups is 1. The van der Waals surface area contributed by atoms with E-state index in [1.54, 1.807) is 6.07 Å². The topological polar surface area (TPSA) is 50.8 Å². The standard InChI is InChI=1S/C20H24N2O3/c1-3-22(4-2)16-11-9-15(10-12-16)13-21-20(23)19-14-24-17-7-5-6-8-18(17)25-19/h5-12,19H,3-4,13-14H2,1-2H3,(H,21,23)/t19-/m0/s1. The molecule has 0 saturated carbocycles. The molecule has 132 valence electrons. The minimum absolute atomic E-state index is 0.165. The molecule has 1 aliphatic rings. The molecule has 0 fully saturated rings. The molecule has 1 amide bonds. The van der Waals surface area contributed by atoms with Crippen LogP contribution in [-0.2, 0) is 11.3 Å². The molecule has 0 spiro atoms. The molecule has 5 heteroatoms. The van der Waals surface area contributed by atoms with Gasteiger partial charge in [0.25, 0.3) is 5.91 Å². The molecule has 0 aliphatic carbocycles. The maximum Gasteiger partial charge on any atom is 0.264 e. The number of fused-ring (bicyclic) bond motifs is 1. The van der Waals surface area contributed by atoms with Crippen molar-refractivity contribution in [2.75, 3.05) is 24.6 Å². The van der Waals surface area contributed by atoms with E-state index in [-0.39, 0.29) is 12.5 Å². The summed E-state index contributed by atoms with van der Waals surface area (Å²) < 4.78 is 11.3. The third-order valence-electron chi connectivity index (χ3n) is 4.33. The first-order valence-corrected chi connectivity index (χ1v) is 8.71. The summed E-state index contributed by atoms with van der Waals surface area (Å²) in [6.07, 6.45) is -0.621. The SMILES string of the molecule is CCN(CC)c1ccc(CNC(=O)[C@@H]2COc3ccccc3O2)cc1. The fourth-order valence-corrected chi connectivity index (χ4v) is 2.87. The summed E-state index contributed by atoms with van der Waals surface area (Å²) in [6.45, 7) is 6.94. The Bertz CT molecular complexity index is 711. The van der Waals surface area contributed by atoms with Gasteiger partial charge in [0.15, 0.2) is 11.5 Å². The molecule has 0 bridgehead atoms. The molecular weight excluding hydrogens is 316 g/mol. The predicted molar refractivity (Wildman–Crippen MR) is 98.2 cm³/mol.